The van der Waals surface area contributed by atoms with Gasteiger partial charge in [-0.25, -0.2) is 0 Å². The van der Waals surface area contributed by atoms with Gasteiger partial charge in [-0.1, -0.05) is 25.1 Å². The van der Waals surface area contributed by atoms with Crippen LogP contribution in [0.25, 0.3) is 10.8 Å². The number of methoxy groups -OCH3 is 1. The lowest BCUT2D eigenvalue weighted by atomic mass is 10.0. The molecule has 0 fully saturated rings. The van der Waals surface area contributed by atoms with Crippen LogP contribution < -0.4 is 4.74 Å². The number of rotatable bonds is 4. The number of hydrogen-bond acceptors (Lipinski definition) is 2. The van der Waals surface area contributed by atoms with Gasteiger partial charge in [0.1, 0.15) is 22.6 Å². The predicted octanol–water partition coefficient (Wildman–Crippen LogP) is 5.33. The number of hydrogen-bond donors (Lipinski definition) is 0. The third-order valence-corrected chi connectivity index (χ3v) is 4.11. The second-order valence-corrected chi connectivity index (χ2v) is 5.43. The summed E-state index contributed by atoms with van der Waals surface area (Å²) in [6, 6.07) is 16.1. The van der Waals surface area contributed by atoms with E-state index in [0.29, 0.717) is 0 Å². The van der Waals surface area contributed by atoms with Gasteiger partial charge in [0.05, 0.1) is 7.11 Å². The van der Waals surface area contributed by atoms with Gasteiger partial charge < -0.3 is 9.15 Å². The number of alkyl halides is 1. The van der Waals surface area contributed by atoms with Crippen molar-refractivity contribution in [1.29, 1.82) is 0 Å². The molecule has 0 aliphatic carbocycles. The smallest absolute Gasteiger partial charge is 0.126 e. The number of aryl methyl sites for hydroxylation is 1. The maximum atomic E-state index is 6.54. The summed E-state index contributed by atoms with van der Waals surface area (Å²) >= 11 is 6.54. The third-order valence-electron chi connectivity index (χ3n) is 3.64. The molecule has 0 radical (unpaired) electrons. The van der Waals surface area contributed by atoms with Gasteiger partial charge in [0.15, 0.2) is 0 Å². The van der Waals surface area contributed by atoms with Crippen LogP contribution in [0.2, 0.25) is 0 Å². The van der Waals surface area contributed by atoms with Crippen LogP contribution in [0.3, 0.4) is 0 Å². The van der Waals surface area contributed by atoms with Crippen LogP contribution in [0.4, 0.5) is 0 Å². The number of halogens is 1. The number of furan rings is 1. The van der Waals surface area contributed by atoms with E-state index >= 15 is 0 Å². The Kier molecular flexibility index (Phi) is 3.89. The van der Waals surface area contributed by atoms with E-state index in [2.05, 4.69) is 19.1 Å². The van der Waals surface area contributed by atoms with Crippen LogP contribution in [0, 0.1) is 0 Å². The van der Waals surface area contributed by atoms with Gasteiger partial charge in [-0.15, -0.1) is 11.6 Å². The highest BCUT2D eigenvalue weighted by atomic mass is 35.5. The van der Waals surface area contributed by atoms with Crippen molar-refractivity contribution in [2.45, 2.75) is 18.7 Å². The van der Waals surface area contributed by atoms with Crippen LogP contribution in [0.5, 0.6) is 5.75 Å². The summed E-state index contributed by atoms with van der Waals surface area (Å²) in [4.78, 5) is 0. The summed E-state index contributed by atoms with van der Waals surface area (Å²) in [5.41, 5.74) is 1.03. The lowest BCUT2D eigenvalue weighted by molar-refractivity contribution is 0.415. The molecule has 3 rings (SSSR count). The first-order valence-electron chi connectivity index (χ1n) is 7.01. The Morgan fingerprint density at radius 3 is 2.52 bits per heavy atom. The molecule has 2 nitrogen and oxygen atoms in total. The second kappa shape index (κ2) is 5.82. The van der Waals surface area contributed by atoms with Crippen LogP contribution in [0.15, 0.2) is 52.9 Å². The lowest BCUT2D eigenvalue weighted by Crippen LogP contribution is -1.91. The summed E-state index contributed by atoms with van der Waals surface area (Å²) in [6.45, 7) is 2.06. The van der Waals surface area contributed by atoms with Gasteiger partial charge in [0.25, 0.3) is 0 Å². The fourth-order valence-electron chi connectivity index (χ4n) is 2.41. The predicted molar refractivity (Wildman–Crippen MR) is 86.3 cm³/mol. The molecule has 3 heteroatoms. The average molecular weight is 301 g/mol. The molecule has 1 unspecified atom stereocenters. The molecule has 0 saturated heterocycles. The number of benzene rings is 2. The van der Waals surface area contributed by atoms with Gasteiger partial charge >= 0.3 is 0 Å². The summed E-state index contributed by atoms with van der Waals surface area (Å²) in [7, 11) is 1.67. The molecule has 0 saturated carbocycles. The SMILES string of the molecule is CCc1ccc(C(Cl)c2ccc3cc(OC)ccc3c2)o1. The van der Waals surface area contributed by atoms with Crippen molar-refractivity contribution in [3.05, 3.63) is 65.6 Å². The van der Waals surface area contributed by atoms with Crippen molar-refractivity contribution in [1.82, 2.24) is 0 Å². The fraction of sp³-hybridized carbons (Fsp3) is 0.222. The molecule has 3 aromatic rings. The molecule has 1 atom stereocenters. The van der Waals surface area contributed by atoms with E-state index in [1.165, 1.54) is 0 Å². The zero-order chi connectivity index (χ0) is 14.8. The van der Waals surface area contributed by atoms with Gasteiger partial charge in [0.2, 0.25) is 0 Å². The quantitative estimate of drug-likeness (QED) is 0.607. The lowest BCUT2D eigenvalue weighted by Gasteiger charge is -2.09. The van der Waals surface area contributed by atoms with E-state index in [4.69, 9.17) is 20.8 Å². The summed E-state index contributed by atoms with van der Waals surface area (Å²) < 4.78 is 11.0. The first-order valence-corrected chi connectivity index (χ1v) is 7.45. The van der Waals surface area contributed by atoms with Crippen LogP contribution in [-0.2, 0) is 6.42 Å². The first kappa shape index (κ1) is 14.0. The maximum Gasteiger partial charge on any atom is 0.126 e. The number of ether oxygens (including phenoxy) is 1. The molecule has 0 amide bonds. The second-order valence-electron chi connectivity index (χ2n) is 4.99. The van der Waals surface area contributed by atoms with E-state index in [1.54, 1.807) is 7.11 Å². The Morgan fingerprint density at radius 1 is 1.05 bits per heavy atom. The van der Waals surface area contributed by atoms with E-state index in [9.17, 15) is 0 Å². The van der Waals surface area contributed by atoms with Crippen LogP contribution in [0.1, 0.15) is 29.4 Å². The zero-order valence-corrected chi connectivity index (χ0v) is 12.9. The molecule has 21 heavy (non-hydrogen) atoms. The van der Waals surface area contributed by atoms with E-state index in [-0.39, 0.29) is 5.38 Å². The molecule has 1 aromatic heterocycles. The Hall–Kier alpha value is -1.93. The number of fused-ring (bicyclic) bond motifs is 1. The molecule has 0 spiro atoms. The van der Waals surface area contributed by atoms with Crippen molar-refractivity contribution >= 4 is 22.4 Å². The summed E-state index contributed by atoms with van der Waals surface area (Å²) in [5, 5.41) is 2.01. The Bertz CT molecular complexity index is 761. The van der Waals surface area contributed by atoms with Crippen LogP contribution in [-0.4, -0.2) is 7.11 Å². The highest BCUT2D eigenvalue weighted by molar-refractivity contribution is 6.22. The minimum Gasteiger partial charge on any atom is -0.497 e. The van der Waals surface area contributed by atoms with Gasteiger partial charge in [0, 0.05) is 6.42 Å². The minimum atomic E-state index is -0.267. The molecular weight excluding hydrogens is 284 g/mol. The average Bonchev–Trinajstić information content (AvgIpc) is 3.02. The normalized spacial score (nSPS) is 12.5. The van der Waals surface area contributed by atoms with Gasteiger partial charge in [-0.05, 0) is 46.7 Å². The Balaban J connectivity index is 1.96. The van der Waals surface area contributed by atoms with Gasteiger partial charge in [-0.2, -0.15) is 0 Å². The zero-order valence-electron chi connectivity index (χ0n) is 12.1. The molecule has 0 aliphatic rings. The minimum absolute atomic E-state index is 0.267. The summed E-state index contributed by atoms with van der Waals surface area (Å²) in [6.07, 6.45) is 0.876. The van der Waals surface area contributed by atoms with Crippen molar-refractivity contribution < 1.29 is 9.15 Å². The molecule has 0 N–H and O–H groups in total. The third kappa shape index (κ3) is 2.77. The van der Waals surface area contributed by atoms with Crippen molar-refractivity contribution in [3.8, 4) is 5.75 Å². The topological polar surface area (TPSA) is 22.4 Å². The van der Waals surface area contributed by atoms with Crippen molar-refractivity contribution in [2.75, 3.05) is 7.11 Å². The summed E-state index contributed by atoms with van der Waals surface area (Å²) in [5.74, 6) is 2.61. The van der Waals surface area contributed by atoms with E-state index in [1.807, 2.05) is 36.4 Å². The van der Waals surface area contributed by atoms with Crippen molar-refractivity contribution in [3.63, 3.8) is 0 Å². The molecule has 0 bridgehead atoms. The first-order chi connectivity index (χ1) is 10.2. The largest absolute Gasteiger partial charge is 0.497 e. The molecular formula is C18H17ClO2. The highest BCUT2D eigenvalue weighted by Crippen LogP contribution is 2.32. The molecule has 1 heterocycles. The molecule has 2 aromatic carbocycles. The van der Waals surface area contributed by atoms with E-state index < -0.39 is 0 Å². The van der Waals surface area contributed by atoms with Gasteiger partial charge in [-0.3, -0.25) is 0 Å². The highest BCUT2D eigenvalue weighted by Gasteiger charge is 2.15. The van der Waals surface area contributed by atoms with Crippen molar-refractivity contribution in [2.24, 2.45) is 0 Å². The van der Waals surface area contributed by atoms with Crippen LogP contribution >= 0.6 is 11.6 Å². The molecule has 0 aliphatic heterocycles. The standard InChI is InChI=1S/C18H17ClO2/c1-3-15-8-9-17(21-15)18(19)14-5-4-13-11-16(20-2)7-6-12(13)10-14/h4-11,18H,3H2,1-2H3. The fourth-order valence-corrected chi connectivity index (χ4v) is 2.66. The maximum absolute atomic E-state index is 6.54. The molecule has 108 valence electrons. The Labute approximate surface area is 129 Å². The van der Waals surface area contributed by atoms with E-state index in [0.717, 1.165) is 40.0 Å². The Morgan fingerprint density at radius 2 is 1.81 bits per heavy atom. The monoisotopic (exact) mass is 300 g/mol.